The van der Waals surface area contributed by atoms with Crippen LogP contribution in [0, 0.1) is 11.8 Å². The van der Waals surface area contributed by atoms with E-state index in [-0.39, 0.29) is 0 Å². The fourth-order valence-corrected chi connectivity index (χ4v) is 2.63. The van der Waals surface area contributed by atoms with E-state index in [2.05, 4.69) is 41.2 Å². The average Bonchev–Trinajstić information content (AvgIpc) is 2.28. The van der Waals surface area contributed by atoms with Crippen LogP contribution in [0.2, 0.25) is 0 Å². The number of nitrogens with one attached hydrogen (secondary N) is 1. The molecule has 1 aromatic rings. The van der Waals surface area contributed by atoms with E-state index < -0.39 is 0 Å². The van der Waals surface area contributed by atoms with E-state index in [1.54, 1.807) is 0 Å². The van der Waals surface area contributed by atoms with Crippen LogP contribution in [-0.4, -0.2) is 25.1 Å². The molecule has 3 heteroatoms. The number of rotatable bonds is 2. The minimum absolute atomic E-state index is 0.787. The van der Waals surface area contributed by atoms with Crippen LogP contribution < -0.4 is 10.2 Å². The summed E-state index contributed by atoms with van der Waals surface area (Å²) in [4.78, 5) is 6.73. The molecular weight excluding hydrogens is 198 g/mol. The summed E-state index contributed by atoms with van der Waals surface area (Å²) in [6.07, 6.45) is 3.23. The van der Waals surface area contributed by atoms with Gasteiger partial charge in [-0.25, -0.2) is 4.98 Å². The third-order valence-corrected chi connectivity index (χ3v) is 3.23. The summed E-state index contributed by atoms with van der Waals surface area (Å²) < 4.78 is 0. The third kappa shape index (κ3) is 2.46. The molecule has 0 saturated carbocycles. The minimum Gasteiger partial charge on any atom is -0.373 e. The van der Waals surface area contributed by atoms with Gasteiger partial charge in [0.25, 0.3) is 0 Å². The second-order valence-electron chi connectivity index (χ2n) is 5.00. The molecule has 0 bridgehead atoms. The predicted octanol–water partition coefficient (Wildman–Crippen LogP) is 2.61. The lowest BCUT2D eigenvalue weighted by Crippen LogP contribution is -2.38. The van der Waals surface area contributed by atoms with Gasteiger partial charge in [-0.05, 0) is 24.3 Å². The highest BCUT2D eigenvalue weighted by Gasteiger charge is 2.21. The zero-order valence-electron chi connectivity index (χ0n) is 10.4. The number of piperidine rings is 1. The highest BCUT2D eigenvalue weighted by molar-refractivity contribution is 5.53. The quantitative estimate of drug-likeness (QED) is 0.828. The summed E-state index contributed by atoms with van der Waals surface area (Å²) in [5.41, 5.74) is 1.29. The van der Waals surface area contributed by atoms with Crippen molar-refractivity contribution in [2.24, 2.45) is 11.8 Å². The van der Waals surface area contributed by atoms with Crippen molar-refractivity contribution in [3.8, 4) is 0 Å². The van der Waals surface area contributed by atoms with E-state index in [0.717, 1.165) is 30.7 Å². The Balaban J connectivity index is 2.16. The third-order valence-electron chi connectivity index (χ3n) is 3.23. The van der Waals surface area contributed by atoms with Gasteiger partial charge < -0.3 is 10.2 Å². The Morgan fingerprint density at radius 2 is 2.00 bits per heavy atom. The van der Waals surface area contributed by atoms with Crippen LogP contribution in [0.5, 0.6) is 0 Å². The van der Waals surface area contributed by atoms with Gasteiger partial charge in [0.15, 0.2) is 0 Å². The van der Waals surface area contributed by atoms with E-state index >= 15 is 0 Å². The first-order valence-electron chi connectivity index (χ1n) is 6.07. The van der Waals surface area contributed by atoms with Crippen molar-refractivity contribution in [3.05, 3.63) is 18.3 Å². The van der Waals surface area contributed by atoms with Crippen molar-refractivity contribution in [1.29, 1.82) is 0 Å². The van der Waals surface area contributed by atoms with Crippen molar-refractivity contribution in [2.75, 3.05) is 30.4 Å². The summed E-state index contributed by atoms with van der Waals surface area (Å²) in [5, 5.41) is 3.09. The van der Waals surface area contributed by atoms with Crippen LogP contribution in [0.25, 0.3) is 0 Å². The highest BCUT2D eigenvalue weighted by Crippen LogP contribution is 2.26. The predicted molar refractivity (Wildman–Crippen MR) is 68.9 cm³/mol. The molecule has 2 heterocycles. The van der Waals surface area contributed by atoms with Gasteiger partial charge in [0.05, 0.1) is 0 Å². The van der Waals surface area contributed by atoms with Gasteiger partial charge in [-0.15, -0.1) is 0 Å². The standard InChI is InChI=1S/C13H21N3/c1-10-6-11(2)9-16(8-10)12-4-5-15-13(7-12)14-3/h4-5,7,10-11H,6,8-9H2,1-3H3,(H,14,15). The summed E-state index contributed by atoms with van der Waals surface area (Å²) in [7, 11) is 1.91. The number of pyridine rings is 1. The molecule has 1 aromatic heterocycles. The molecule has 0 aliphatic carbocycles. The summed E-state index contributed by atoms with van der Waals surface area (Å²) in [6, 6.07) is 4.23. The van der Waals surface area contributed by atoms with Crippen molar-refractivity contribution in [3.63, 3.8) is 0 Å². The van der Waals surface area contributed by atoms with Gasteiger partial charge >= 0.3 is 0 Å². The van der Waals surface area contributed by atoms with Crippen LogP contribution in [-0.2, 0) is 0 Å². The highest BCUT2D eigenvalue weighted by atomic mass is 15.1. The van der Waals surface area contributed by atoms with E-state index in [1.807, 2.05) is 13.2 Å². The van der Waals surface area contributed by atoms with Crippen LogP contribution in [0.1, 0.15) is 20.3 Å². The van der Waals surface area contributed by atoms with E-state index in [4.69, 9.17) is 0 Å². The minimum atomic E-state index is 0.787. The molecule has 16 heavy (non-hydrogen) atoms. The second-order valence-corrected chi connectivity index (χ2v) is 5.00. The lowest BCUT2D eigenvalue weighted by atomic mass is 9.91. The van der Waals surface area contributed by atoms with Crippen molar-refractivity contribution in [1.82, 2.24) is 4.98 Å². The van der Waals surface area contributed by atoms with Gasteiger partial charge in [0, 0.05) is 38.1 Å². The maximum Gasteiger partial charge on any atom is 0.127 e. The molecule has 0 spiro atoms. The monoisotopic (exact) mass is 219 g/mol. The maximum atomic E-state index is 4.25. The zero-order chi connectivity index (χ0) is 11.5. The normalized spacial score (nSPS) is 25.6. The molecule has 2 unspecified atom stereocenters. The first-order chi connectivity index (χ1) is 7.69. The van der Waals surface area contributed by atoms with Gasteiger partial charge in [0.1, 0.15) is 5.82 Å². The lowest BCUT2D eigenvalue weighted by molar-refractivity contribution is 0.357. The molecule has 1 aliphatic heterocycles. The number of hydrogen-bond donors (Lipinski definition) is 1. The Morgan fingerprint density at radius 3 is 2.62 bits per heavy atom. The Bertz CT molecular complexity index is 341. The zero-order valence-corrected chi connectivity index (χ0v) is 10.4. The topological polar surface area (TPSA) is 28.2 Å². The fraction of sp³-hybridized carbons (Fsp3) is 0.615. The first kappa shape index (κ1) is 11.2. The maximum absolute atomic E-state index is 4.25. The first-order valence-corrected chi connectivity index (χ1v) is 6.07. The van der Waals surface area contributed by atoms with Crippen LogP contribution in [0.3, 0.4) is 0 Å². The largest absolute Gasteiger partial charge is 0.373 e. The number of nitrogens with zero attached hydrogens (tertiary/aromatic N) is 2. The molecule has 0 radical (unpaired) electrons. The SMILES string of the molecule is CNc1cc(N2CC(C)CC(C)C2)ccn1. The van der Waals surface area contributed by atoms with Crippen molar-refractivity contribution >= 4 is 11.5 Å². The van der Waals surface area contributed by atoms with Crippen LogP contribution in [0.15, 0.2) is 18.3 Å². The molecule has 2 rings (SSSR count). The summed E-state index contributed by atoms with van der Waals surface area (Å²) >= 11 is 0. The molecular formula is C13H21N3. The Morgan fingerprint density at radius 1 is 1.31 bits per heavy atom. The Hall–Kier alpha value is -1.25. The van der Waals surface area contributed by atoms with Gasteiger partial charge in [-0.2, -0.15) is 0 Å². The van der Waals surface area contributed by atoms with Gasteiger partial charge in [-0.3, -0.25) is 0 Å². The Labute approximate surface area is 97.9 Å². The second kappa shape index (κ2) is 4.73. The van der Waals surface area contributed by atoms with E-state index in [0.29, 0.717) is 0 Å². The molecule has 1 fully saturated rings. The van der Waals surface area contributed by atoms with Gasteiger partial charge in [-0.1, -0.05) is 13.8 Å². The van der Waals surface area contributed by atoms with E-state index in [9.17, 15) is 0 Å². The fourth-order valence-electron chi connectivity index (χ4n) is 2.63. The summed E-state index contributed by atoms with van der Waals surface area (Å²) in [5.74, 6) is 2.52. The average molecular weight is 219 g/mol. The van der Waals surface area contributed by atoms with Crippen LogP contribution in [0.4, 0.5) is 11.5 Å². The molecule has 3 nitrogen and oxygen atoms in total. The molecule has 1 aliphatic rings. The van der Waals surface area contributed by atoms with Crippen molar-refractivity contribution < 1.29 is 0 Å². The molecule has 1 saturated heterocycles. The van der Waals surface area contributed by atoms with Gasteiger partial charge in [0.2, 0.25) is 0 Å². The molecule has 0 aromatic carbocycles. The number of aromatic nitrogens is 1. The molecule has 0 amide bonds. The van der Waals surface area contributed by atoms with Crippen LogP contribution >= 0.6 is 0 Å². The summed E-state index contributed by atoms with van der Waals surface area (Å²) in [6.45, 7) is 7.00. The molecule has 88 valence electrons. The molecule has 1 N–H and O–H groups in total. The lowest BCUT2D eigenvalue weighted by Gasteiger charge is -2.36. The number of anilines is 2. The smallest absolute Gasteiger partial charge is 0.127 e. The number of hydrogen-bond acceptors (Lipinski definition) is 3. The van der Waals surface area contributed by atoms with Crippen molar-refractivity contribution in [2.45, 2.75) is 20.3 Å². The van der Waals surface area contributed by atoms with E-state index in [1.165, 1.54) is 12.1 Å². The molecule has 2 atom stereocenters. The Kier molecular flexibility index (Phi) is 3.32.